The summed E-state index contributed by atoms with van der Waals surface area (Å²) in [4.78, 5) is 10.9. The second-order valence-corrected chi connectivity index (χ2v) is 7.82. The maximum Gasteiger partial charge on any atom is 0.130 e. The highest BCUT2D eigenvalue weighted by Gasteiger charge is 2.00. The van der Waals surface area contributed by atoms with Gasteiger partial charge in [0, 0.05) is 24.4 Å². The molecule has 0 aliphatic rings. The molecule has 0 bridgehead atoms. The van der Waals surface area contributed by atoms with Crippen molar-refractivity contribution in [3.8, 4) is 0 Å². The first-order chi connectivity index (χ1) is 14.1. The highest BCUT2D eigenvalue weighted by atomic mass is 32.0. The van der Waals surface area contributed by atoms with Crippen molar-refractivity contribution in [2.45, 2.75) is 64.6 Å². The molecule has 162 valence electrons. The van der Waals surface area contributed by atoms with Crippen LogP contribution in [0.4, 0.5) is 0 Å². The van der Waals surface area contributed by atoms with Crippen molar-refractivity contribution in [1.29, 1.82) is 0 Å². The summed E-state index contributed by atoms with van der Waals surface area (Å²) in [6, 6.07) is 0. The molecular formula is C23H37O3P3. The van der Waals surface area contributed by atoms with Crippen LogP contribution in [0.2, 0.25) is 0 Å². The van der Waals surface area contributed by atoms with Gasteiger partial charge < -0.3 is 13.8 Å². The molecule has 6 heteroatoms. The lowest BCUT2D eigenvalue weighted by atomic mass is 10.2. The fraction of sp³-hybridized carbons (Fsp3) is 0.435. The highest BCUT2D eigenvalue weighted by molar-refractivity contribution is 8.00. The van der Waals surface area contributed by atoms with Crippen LogP contribution in [0.15, 0.2) is 72.9 Å². The minimum absolute atomic E-state index is 0.0692. The van der Waals surface area contributed by atoms with Crippen LogP contribution in [0.25, 0.3) is 0 Å². The van der Waals surface area contributed by atoms with Gasteiger partial charge >= 0.3 is 0 Å². The molecule has 0 aromatic heterocycles. The standard InChI is InChI=1S/C23H37O3P3/c1-3-4-11-17-22(25-27)18-13-9-10-15-20-23(26-29-28)19-14-8-6-5-7-12-16-21(2)24/h4-5,7-11,13-15,18,20,22-23,29H,3,6,12,16-17,19,27-28H2,1-2H3. The Hall–Kier alpha value is -0.680. The number of hydrogen-bond donors (Lipinski definition) is 0. The van der Waals surface area contributed by atoms with Gasteiger partial charge in [-0.15, -0.1) is 0 Å². The van der Waals surface area contributed by atoms with Gasteiger partial charge in [0.2, 0.25) is 0 Å². The lowest BCUT2D eigenvalue weighted by Gasteiger charge is -2.09. The normalized spacial score (nSPS) is 15.6. The van der Waals surface area contributed by atoms with Crippen molar-refractivity contribution in [3.05, 3.63) is 72.9 Å². The summed E-state index contributed by atoms with van der Waals surface area (Å²) in [6.45, 7) is 3.75. The molecule has 0 N–H and O–H groups in total. The Morgan fingerprint density at radius 2 is 1.55 bits per heavy atom. The van der Waals surface area contributed by atoms with Gasteiger partial charge in [-0.1, -0.05) is 88.8 Å². The van der Waals surface area contributed by atoms with Crippen LogP contribution >= 0.6 is 26.9 Å². The molecule has 0 amide bonds. The molecule has 0 saturated heterocycles. The van der Waals surface area contributed by atoms with E-state index in [2.05, 4.69) is 67.9 Å². The Morgan fingerprint density at radius 1 is 0.931 bits per heavy atom. The van der Waals surface area contributed by atoms with E-state index in [1.165, 1.54) is 0 Å². The first-order valence-electron chi connectivity index (χ1n) is 10.1. The molecule has 0 heterocycles. The van der Waals surface area contributed by atoms with Crippen molar-refractivity contribution in [2.24, 2.45) is 0 Å². The zero-order chi connectivity index (χ0) is 21.6. The SMILES string of the molecule is CCC=CCC(C=CC=CC=CC(CC=CCC=CCCC(C)=O)OPP)OP. The molecule has 0 aliphatic carbocycles. The molecule has 0 aromatic carbocycles. The molecule has 0 fully saturated rings. The van der Waals surface area contributed by atoms with Crippen molar-refractivity contribution in [3.63, 3.8) is 0 Å². The predicted octanol–water partition coefficient (Wildman–Crippen LogP) is 7.22. The number of ketones is 1. The van der Waals surface area contributed by atoms with Gasteiger partial charge in [0.25, 0.3) is 0 Å². The number of Topliss-reactive ketones (excluding diaryl/α,β-unsaturated/α-hetero) is 1. The first kappa shape index (κ1) is 28.3. The van der Waals surface area contributed by atoms with Gasteiger partial charge in [-0.25, -0.2) is 0 Å². The second-order valence-electron chi connectivity index (χ2n) is 6.37. The third kappa shape index (κ3) is 20.4. The predicted molar refractivity (Wildman–Crippen MR) is 136 cm³/mol. The maximum atomic E-state index is 10.9. The number of hydrogen-bond acceptors (Lipinski definition) is 3. The lowest BCUT2D eigenvalue weighted by molar-refractivity contribution is -0.116. The van der Waals surface area contributed by atoms with Gasteiger partial charge in [-0.2, -0.15) is 0 Å². The van der Waals surface area contributed by atoms with E-state index in [1.807, 2.05) is 30.4 Å². The number of rotatable bonds is 17. The van der Waals surface area contributed by atoms with Crippen LogP contribution in [0.3, 0.4) is 0 Å². The van der Waals surface area contributed by atoms with Crippen LogP contribution in [-0.2, 0) is 13.8 Å². The monoisotopic (exact) mass is 454 g/mol. The van der Waals surface area contributed by atoms with Crippen molar-refractivity contribution >= 4 is 32.7 Å². The number of carbonyl (C=O) groups is 1. The fourth-order valence-corrected chi connectivity index (χ4v) is 3.32. The largest absolute Gasteiger partial charge is 0.358 e. The molecule has 0 rings (SSSR count). The third-order valence-corrected chi connectivity index (χ3v) is 4.98. The van der Waals surface area contributed by atoms with Crippen LogP contribution in [-0.4, -0.2) is 18.0 Å². The van der Waals surface area contributed by atoms with E-state index in [-0.39, 0.29) is 18.0 Å². The molecule has 0 saturated carbocycles. The molecular weight excluding hydrogens is 417 g/mol. The number of carbonyl (C=O) groups excluding carboxylic acids is 1. The first-order valence-corrected chi connectivity index (χ1v) is 13.3. The topological polar surface area (TPSA) is 35.5 Å². The molecule has 5 unspecified atom stereocenters. The summed E-state index contributed by atoms with van der Waals surface area (Å²) >= 11 is 0. The lowest BCUT2D eigenvalue weighted by Crippen LogP contribution is -2.01. The van der Waals surface area contributed by atoms with Crippen molar-refractivity contribution < 1.29 is 13.8 Å². The number of allylic oxidation sites excluding steroid dienone is 8. The summed E-state index contributed by atoms with van der Waals surface area (Å²) in [5.74, 6) is 0.237. The van der Waals surface area contributed by atoms with Crippen molar-refractivity contribution in [1.82, 2.24) is 0 Å². The Balaban J connectivity index is 4.28. The van der Waals surface area contributed by atoms with E-state index < -0.39 is 0 Å². The summed E-state index contributed by atoms with van der Waals surface area (Å²) in [5.41, 5.74) is 0. The third-order valence-electron chi connectivity index (χ3n) is 3.79. The molecule has 0 radical (unpaired) electrons. The smallest absolute Gasteiger partial charge is 0.130 e. The van der Waals surface area contributed by atoms with Gasteiger partial charge in [-0.05, 0) is 39.0 Å². The quantitative estimate of drug-likeness (QED) is 0.132. The van der Waals surface area contributed by atoms with Crippen LogP contribution in [0, 0.1) is 0 Å². The summed E-state index contributed by atoms with van der Waals surface area (Å²) in [7, 11) is 5.33. The molecule has 0 spiro atoms. The molecule has 29 heavy (non-hydrogen) atoms. The maximum absolute atomic E-state index is 10.9. The van der Waals surface area contributed by atoms with E-state index >= 15 is 0 Å². The second kappa shape index (κ2) is 22.0. The van der Waals surface area contributed by atoms with Crippen molar-refractivity contribution in [2.75, 3.05) is 0 Å². The average Bonchev–Trinajstić information content (AvgIpc) is 2.70. The Bertz CT molecular complexity index is 578. The molecule has 3 nitrogen and oxygen atoms in total. The van der Waals surface area contributed by atoms with Crippen LogP contribution in [0.1, 0.15) is 52.4 Å². The Labute approximate surface area is 184 Å². The van der Waals surface area contributed by atoms with E-state index in [0.29, 0.717) is 14.9 Å². The van der Waals surface area contributed by atoms with Crippen LogP contribution < -0.4 is 0 Å². The minimum Gasteiger partial charge on any atom is -0.358 e. The zero-order valence-corrected chi connectivity index (χ0v) is 21.0. The van der Waals surface area contributed by atoms with Gasteiger partial charge in [0.1, 0.15) is 5.78 Å². The van der Waals surface area contributed by atoms with E-state index in [9.17, 15) is 4.79 Å². The van der Waals surface area contributed by atoms with E-state index in [0.717, 1.165) is 32.1 Å². The molecule has 0 aromatic rings. The Kier molecular flexibility index (Phi) is 21.5. The highest BCUT2D eigenvalue weighted by Crippen LogP contribution is 2.25. The summed E-state index contributed by atoms with van der Waals surface area (Å²) < 4.78 is 11.1. The summed E-state index contributed by atoms with van der Waals surface area (Å²) in [5, 5.41) is 0. The summed E-state index contributed by atoms with van der Waals surface area (Å²) in [6.07, 6.45) is 30.1. The van der Waals surface area contributed by atoms with E-state index in [1.54, 1.807) is 6.92 Å². The average molecular weight is 454 g/mol. The van der Waals surface area contributed by atoms with Gasteiger partial charge in [0.05, 0.1) is 12.2 Å². The minimum atomic E-state index is 0.0692. The Morgan fingerprint density at radius 3 is 2.17 bits per heavy atom. The molecule has 5 atom stereocenters. The van der Waals surface area contributed by atoms with E-state index in [4.69, 9.17) is 9.05 Å². The van der Waals surface area contributed by atoms with Gasteiger partial charge in [0.15, 0.2) is 0 Å². The zero-order valence-electron chi connectivity index (χ0n) is 17.7. The van der Waals surface area contributed by atoms with Crippen LogP contribution in [0.5, 0.6) is 0 Å². The molecule has 0 aliphatic heterocycles. The fourth-order valence-electron chi connectivity index (χ4n) is 2.24. The van der Waals surface area contributed by atoms with Gasteiger partial charge in [-0.3, -0.25) is 0 Å².